The van der Waals surface area contributed by atoms with E-state index in [0.717, 1.165) is 12.2 Å². The van der Waals surface area contributed by atoms with Gasteiger partial charge in [-0.25, -0.2) is 4.21 Å². The van der Waals surface area contributed by atoms with Crippen molar-refractivity contribution in [3.63, 3.8) is 0 Å². The van der Waals surface area contributed by atoms with E-state index in [1.54, 1.807) is 6.20 Å². The molecule has 1 unspecified atom stereocenters. The van der Waals surface area contributed by atoms with E-state index in [0.29, 0.717) is 0 Å². The fourth-order valence-electron chi connectivity index (χ4n) is 0.441. The lowest BCUT2D eigenvalue weighted by molar-refractivity contribution is 0.677. The van der Waals surface area contributed by atoms with Gasteiger partial charge in [0.2, 0.25) is 0 Å². The van der Waals surface area contributed by atoms with Crippen LogP contribution >= 0.6 is 0 Å². The van der Waals surface area contributed by atoms with Crippen LogP contribution in [0.3, 0.4) is 0 Å². The van der Waals surface area contributed by atoms with Gasteiger partial charge in [0.25, 0.3) is 0 Å². The molecule has 0 fully saturated rings. The van der Waals surface area contributed by atoms with Crippen molar-refractivity contribution in [2.75, 3.05) is 5.75 Å². The van der Waals surface area contributed by atoms with Gasteiger partial charge >= 0.3 is 0 Å². The van der Waals surface area contributed by atoms with E-state index >= 15 is 0 Å². The van der Waals surface area contributed by atoms with Gasteiger partial charge in [-0.3, -0.25) is 0 Å². The molecule has 0 bridgehead atoms. The van der Waals surface area contributed by atoms with Crippen LogP contribution in [0.15, 0.2) is 12.3 Å². The minimum Gasteiger partial charge on any atom is -0.312 e. The van der Waals surface area contributed by atoms with E-state index < -0.39 is 11.0 Å². The summed E-state index contributed by atoms with van der Waals surface area (Å²) in [5.74, 6) is 0.760. The Morgan fingerprint density at radius 2 is 2.57 bits per heavy atom. The van der Waals surface area contributed by atoms with Gasteiger partial charge in [-0.2, -0.15) is 0 Å². The van der Waals surface area contributed by atoms with Gasteiger partial charge in [0.05, 0.1) is 0 Å². The van der Waals surface area contributed by atoms with Gasteiger partial charge in [0.15, 0.2) is 0 Å². The highest BCUT2D eigenvalue weighted by atomic mass is 32.2. The van der Waals surface area contributed by atoms with E-state index in [1.807, 2.05) is 6.08 Å². The summed E-state index contributed by atoms with van der Waals surface area (Å²) in [5, 5.41) is 0. The average molecular weight is 117 g/mol. The largest absolute Gasteiger partial charge is 0.312 e. The van der Waals surface area contributed by atoms with Gasteiger partial charge in [0, 0.05) is 12.0 Å². The lowest BCUT2D eigenvalue weighted by atomic mass is 10.5. The molecule has 1 aliphatic rings. The Bertz CT molecular complexity index is 110. The first-order chi connectivity index (χ1) is 3.39. The van der Waals surface area contributed by atoms with Crippen molar-refractivity contribution in [3.05, 3.63) is 12.3 Å². The predicted molar refractivity (Wildman–Crippen MR) is 29.9 cm³/mol. The highest BCUT2D eigenvalue weighted by molar-refractivity contribution is 7.83. The molecule has 0 aromatic heterocycles. The summed E-state index contributed by atoms with van der Waals surface area (Å²) in [6, 6.07) is 0. The molecule has 1 atom stereocenters. The number of rotatable bonds is 0. The molecule has 0 radical (unpaired) electrons. The fraction of sp³-hybridized carbons (Fsp3) is 0.500. The molecule has 40 valence electrons. The van der Waals surface area contributed by atoms with Crippen molar-refractivity contribution < 1.29 is 4.21 Å². The van der Waals surface area contributed by atoms with Crippen LogP contribution in [-0.4, -0.2) is 9.96 Å². The SMILES string of the molecule is O=S1CCC=CN1. The molecule has 0 saturated carbocycles. The van der Waals surface area contributed by atoms with Crippen molar-refractivity contribution in [1.82, 2.24) is 4.72 Å². The van der Waals surface area contributed by atoms with Gasteiger partial charge in [-0.05, 0) is 6.42 Å². The van der Waals surface area contributed by atoms with Crippen molar-refractivity contribution >= 4 is 11.0 Å². The molecule has 0 amide bonds. The zero-order chi connectivity index (χ0) is 5.11. The summed E-state index contributed by atoms with van der Waals surface area (Å²) >= 11 is 0. The quantitative estimate of drug-likeness (QED) is 0.481. The number of allylic oxidation sites excluding steroid dienone is 1. The minimum absolute atomic E-state index is 0.760. The van der Waals surface area contributed by atoms with Crippen LogP contribution in [0.2, 0.25) is 0 Å². The molecule has 0 saturated heterocycles. The van der Waals surface area contributed by atoms with E-state index in [4.69, 9.17) is 0 Å². The Balaban J connectivity index is 2.47. The molecule has 7 heavy (non-hydrogen) atoms. The average Bonchev–Trinajstić information content (AvgIpc) is 1.69. The number of nitrogens with one attached hydrogen (secondary N) is 1. The second kappa shape index (κ2) is 2.12. The van der Waals surface area contributed by atoms with E-state index in [1.165, 1.54) is 0 Å². The summed E-state index contributed by atoms with van der Waals surface area (Å²) in [6.45, 7) is 0. The van der Waals surface area contributed by atoms with Crippen molar-refractivity contribution in [1.29, 1.82) is 0 Å². The molecule has 1 N–H and O–H groups in total. The van der Waals surface area contributed by atoms with Crippen LogP contribution in [0, 0.1) is 0 Å². The second-order valence-electron chi connectivity index (χ2n) is 1.36. The number of hydrogen-bond donors (Lipinski definition) is 1. The first kappa shape index (κ1) is 4.84. The summed E-state index contributed by atoms with van der Waals surface area (Å²) < 4.78 is 13.1. The second-order valence-corrected chi connectivity index (χ2v) is 2.69. The summed E-state index contributed by atoms with van der Waals surface area (Å²) in [4.78, 5) is 0. The summed E-state index contributed by atoms with van der Waals surface area (Å²) in [7, 11) is -0.777. The summed E-state index contributed by atoms with van der Waals surface area (Å²) in [6.07, 6.45) is 4.65. The van der Waals surface area contributed by atoms with Crippen LogP contribution in [0.25, 0.3) is 0 Å². The van der Waals surface area contributed by atoms with E-state index in [2.05, 4.69) is 4.72 Å². The Morgan fingerprint density at radius 3 is 2.86 bits per heavy atom. The Labute approximate surface area is 45.2 Å². The zero-order valence-corrected chi connectivity index (χ0v) is 4.70. The molecule has 3 heteroatoms. The van der Waals surface area contributed by atoms with Crippen molar-refractivity contribution in [2.45, 2.75) is 6.42 Å². The standard InChI is InChI=1S/C4H7NOS/c6-7-4-2-1-3-5-7/h1,3,5H,2,4H2. The molecular formula is C4H7NOS. The normalized spacial score (nSPS) is 29.4. The van der Waals surface area contributed by atoms with E-state index in [-0.39, 0.29) is 0 Å². The Kier molecular flexibility index (Phi) is 1.46. The third-order valence-electron chi connectivity index (χ3n) is 0.787. The van der Waals surface area contributed by atoms with Crippen molar-refractivity contribution in [3.8, 4) is 0 Å². The molecule has 0 aliphatic carbocycles. The third kappa shape index (κ3) is 1.31. The molecule has 1 aliphatic heterocycles. The van der Waals surface area contributed by atoms with Gasteiger partial charge in [-0.15, -0.1) is 0 Å². The van der Waals surface area contributed by atoms with Gasteiger partial charge in [0.1, 0.15) is 11.0 Å². The van der Waals surface area contributed by atoms with Gasteiger partial charge < -0.3 is 4.72 Å². The van der Waals surface area contributed by atoms with Crippen LogP contribution in [-0.2, 0) is 11.0 Å². The molecule has 0 aromatic rings. The summed E-state index contributed by atoms with van der Waals surface area (Å²) in [5.41, 5.74) is 0. The van der Waals surface area contributed by atoms with Gasteiger partial charge in [-0.1, -0.05) is 6.08 Å². The van der Waals surface area contributed by atoms with Crippen LogP contribution in [0.5, 0.6) is 0 Å². The van der Waals surface area contributed by atoms with Crippen LogP contribution < -0.4 is 4.72 Å². The zero-order valence-electron chi connectivity index (χ0n) is 3.89. The third-order valence-corrected chi connectivity index (χ3v) is 1.79. The molecule has 2 nitrogen and oxygen atoms in total. The highest BCUT2D eigenvalue weighted by Crippen LogP contribution is 1.91. The smallest absolute Gasteiger partial charge is 0.116 e. The molecular weight excluding hydrogens is 110 g/mol. The monoisotopic (exact) mass is 117 g/mol. The maximum Gasteiger partial charge on any atom is 0.116 e. The first-order valence-corrected chi connectivity index (χ1v) is 3.51. The highest BCUT2D eigenvalue weighted by Gasteiger charge is 1.96. The number of hydrogen-bond acceptors (Lipinski definition) is 1. The maximum absolute atomic E-state index is 10.4. The van der Waals surface area contributed by atoms with Crippen LogP contribution in [0.1, 0.15) is 6.42 Å². The topological polar surface area (TPSA) is 29.1 Å². The van der Waals surface area contributed by atoms with Crippen LogP contribution in [0.4, 0.5) is 0 Å². The Hall–Kier alpha value is -0.310. The Morgan fingerprint density at radius 1 is 1.71 bits per heavy atom. The lowest BCUT2D eigenvalue weighted by Crippen LogP contribution is -2.16. The maximum atomic E-state index is 10.4. The first-order valence-electron chi connectivity index (χ1n) is 2.19. The minimum atomic E-state index is -0.777. The lowest BCUT2D eigenvalue weighted by Gasteiger charge is -2.02. The van der Waals surface area contributed by atoms with Crippen molar-refractivity contribution in [2.24, 2.45) is 0 Å². The fourth-order valence-corrected chi connectivity index (χ4v) is 1.16. The van der Waals surface area contributed by atoms with E-state index in [9.17, 15) is 4.21 Å². The molecule has 1 rings (SSSR count). The molecule has 1 heterocycles. The molecule has 0 aromatic carbocycles. The predicted octanol–water partition coefficient (Wildman–Crippen LogP) is 0.157. The molecule has 0 spiro atoms.